The van der Waals surface area contributed by atoms with Crippen molar-refractivity contribution >= 4 is 27.9 Å². The number of amides is 1. The molecule has 0 aliphatic rings. The van der Waals surface area contributed by atoms with Crippen LogP contribution in [-0.4, -0.2) is 32.3 Å². The lowest BCUT2D eigenvalue weighted by molar-refractivity contribution is -0.118. The Morgan fingerprint density at radius 2 is 2.08 bits per heavy atom. The fourth-order valence-corrected chi connectivity index (χ4v) is 3.25. The number of benzene rings is 2. The zero-order chi connectivity index (χ0) is 17.9. The summed E-state index contributed by atoms with van der Waals surface area (Å²) in [5.74, 6) is 0.469. The van der Waals surface area contributed by atoms with Gasteiger partial charge in [-0.1, -0.05) is 23.5 Å². The van der Waals surface area contributed by atoms with Crippen LogP contribution in [-0.2, 0) is 4.79 Å². The Balaban J connectivity index is 1.37. The molecule has 0 atom stereocenters. The minimum absolute atomic E-state index is 0.0398. The summed E-state index contributed by atoms with van der Waals surface area (Å²) in [5.41, 5.74) is 2.74. The molecule has 26 heavy (non-hydrogen) atoms. The molecule has 0 saturated carbocycles. The van der Waals surface area contributed by atoms with Crippen LogP contribution in [0.1, 0.15) is 5.56 Å². The number of carbonyl (C=O) groups is 1. The van der Waals surface area contributed by atoms with Crippen LogP contribution in [0.5, 0.6) is 5.75 Å². The quantitative estimate of drug-likeness (QED) is 0.587. The second kappa shape index (κ2) is 6.93. The molecule has 130 valence electrons. The van der Waals surface area contributed by atoms with Crippen molar-refractivity contribution in [2.24, 2.45) is 0 Å². The smallest absolute Gasteiger partial charge is 0.262 e. The Morgan fingerprint density at radius 3 is 2.85 bits per heavy atom. The van der Waals surface area contributed by atoms with Crippen LogP contribution in [0, 0.1) is 6.92 Å². The second-order valence-corrected chi connectivity index (χ2v) is 6.65. The van der Waals surface area contributed by atoms with Crippen molar-refractivity contribution in [2.45, 2.75) is 6.92 Å². The molecule has 0 saturated heterocycles. The monoisotopic (exact) mass is 365 g/mol. The Bertz CT molecular complexity index is 1030. The predicted octanol–water partition coefficient (Wildman–Crippen LogP) is 3.18. The number of anilines is 1. The molecule has 0 unspecified atom stereocenters. The van der Waals surface area contributed by atoms with E-state index in [0.717, 1.165) is 21.1 Å². The molecule has 0 spiro atoms. The molecule has 2 heterocycles. The van der Waals surface area contributed by atoms with Crippen LogP contribution in [0.3, 0.4) is 0 Å². The summed E-state index contributed by atoms with van der Waals surface area (Å²) in [6.07, 6.45) is 1.57. The second-order valence-electron chi connectivity index (χ2n) is 5.70. The molecule has 8 heteroatoms. The lowest BCUT2D eigenvalue weighted by atomic mass is 10.2. The summed E-state index contributed by atoms with van der Waals surface area (Å²) in [7, 11) is 0. The van der Waals surface area contributed by atoms with Crippen molar-refractivity contribution in [2.75, 3.05) is 11.9 Å². The molecule has 7 nitrogen and oxygen atoms in total. The van der Waals surface area contributed by atoms with E-state index < -0.39 is 0 Å². The van der Waals surface area contributed by atoms with Crippen molar-refractivity contribution in [1.82, 2.24) is 19.8 Å². The van der Waals surface area contributed by atoms with Crippen LogP contribution < -0.4 is 10.1 Å². The SMILES string of the molecule is Cc1cccc(OCC(=O)Nc2ccc(-c3nn4cnnc4s3)cc2)c1. The molecule has 2 aromatic carbocycles. The van der Waals surface area contributed by atoms with E-state index in [1.165, 1.54) is 11.3 Å². The zero-order valence-corrected chi connectivity index (χ0v) is 14.7. The molecule has 1 N–H and O–H groups in total. The molecule has 1 amide bonds. The summed E-state index contributed by atoms with van der Waals surface area (Å²) in [6, 6.07) is 15.1. The van der Waals surface area contributed by atoms with E-state index in [1.54, 1.807) is 10.8 Å². The van der Waals surface area contributed by atoms with Gasteiger partial charge in [-0.25, -0.2) is 0 Å². The van der Waals surface area contributed by atoms with E-state index in [9.17, 15) is 4.79 Å². The summed E-state index contributed by atoms with van der Waals surface area (Å²) in [4.78, 5) is 12.8. The highest BCUT2D eigenvalue weighted by Crippen LogP contribution is 2.25. The van der Waals surface area contributed by atoms with Crippen molar-refractivity contribution in [1.29, 1.82) is 0 Å². The Labute approximate surface area is 153 Å². The van der Waals surface area contributed by atoms with Crippen LogP contribution in [0.4, 0.5) is 5.69 Å². The highest BCUT2D eigenvalue weighted by molar-refractivity contribution is 7.19. The van der Waals surface area contributed by atoms with E-state index >= 15 is 0 Å². The topological polar surface area (TPSA) is 81.4 Å². The number of carbonyl (C=O) groups excluding carboxylic acids is 1. The molecule has 0 bridgehead atoms. The maximum Gasteiger partial charge on any atom is 0.262 e. The number of ether oxygens (including phenoxy) is 1. The number of aryl methyl sites for hydroxylation is 1. The van der Waals surface area contributed by atoms with E-state index in [1.807, 2.05) is 55.5 Å². The van der Waals surface area contributed by atoms with Gasteiger partial charge in [-0.15, -0.1) is 10.2 Å². The Hall–Kier alpha value is -3.26. The third kappa shape index (κ3) is 3.55. The third-order valence-corrected chi connectivity index (χ3v) is 4.62. The van der Waals surface area contributed by atoms with Gasteiger partial charge in [0.25, 0.3) is 5.91 Å². The summed E-state index contributed by atoms with van der Waals surface area (Å²) in [6.45, 7) is 1.94. The first kappa shape index (κ1) is 16.2. The van der Waals surface area contributed by atoms with E-state index in [4.69, 9.17) is 4.74 Å². The Morgan fingerprint density at radius 1 is 1.23 bits per heavy atom. The molecule has 2 aromatic heterocycles. The predicted molar refractivity (Wildman–Crippen MR) is 99.4 cm³/mol. The number of hydrogen-bond acceptors (Lipinski definition) is 6. The van der Waals surface area contributed by atoms with E-state index in [-0.39, 0.29) is 12.5 Å². The lowest BCUT2D eigenvalue weighted by Crippen LogP contribution is -2.20. The summed E-state index contributed by atoms with van der Waals surface area (Å²) < 4.78 is 7.14. The third-order valence-electron chi connectivity index (χ3n) is 3.66. The molecule has 0 aliphatic carbocycles. The van der Waals surface area contributed by atoms with E-state index in [0.29, 0.717) is 11.4 Å². The Kier molecular flexibility index (Phi) is 4.32. The number of nitrogens with one attached hydrogen (secondary N) is 1. The highest BCUT2D eigenvalue weighted by atomic mass is 32.1. The minimum atomic E-state index is -0.210. The number of fused-ring (bicyclic) bond motifs is 1. The standard InChI is InChI=1S/C18H15N5O2S/c1-12-3-2-4-15(9-12)25-10-16(24)20-14-7-5-13(6-8-14)17-22-23-11-19-21-18(23)26-17/h2-9,11H,10H2,1H3,(H,20,24). The average molecular weight is 365 g/mol. The van der Waals surface area contributed by atoms with Gasteiger partial charge in [0.1, 0.15) is 17.1 Å². The maximum atomic E-state index is 12.0. The minimum Gasteiger partial charge on any atom is -0.484 e. The van der Waals surface area contributed by atoms with Crippen molar-refractivity contribution in [3.8, 4) is 16.3 Å². The summed E-state index contributed by atoms with van der Waals surface area (Å²) in [5, 5.41) is 15.8. The van der Waals surface area contributed by atoms with E-state index in [2.05, 4.69) is 20.6 Å². The number of hydrogen-bond donors (Lipinski definition) is 1. The fourth-order valence-electron chi connectivity index (χ4n) is 2.42. The average Bonchev–Trinajstić information content (AvgIpc) is 3.23. The normalized spacial score (nSPS) is 10.8. The number of rotatable bonds is 5. The van der Waals surface area contributed by atoms with Crippen LogP contribution >= 0.6 is 11.3 Å². The molecular weight excluding hydrogens is 350 g/mol. The van der Waals surface area contributed by atoms with Gasteiger partial charge in [0, 0.05) is 11.3 Å². The van der Waals surface area contributed by atoms with Gasteiger partial charge in [0.2, 0.25) is 4.96 Å². The fraction of sp³-hybridized carbons (Fsp3) is 0.111. The molecular formula is C18H15N5O2S. The van der Waals surface area contributed by atoms with Gasteiger partial charge >= 0.3 is 0 Å². The van der Waals surface area contributed by atoms with Gasteiger partial charge in [0.15, 0.2) is 6.61 Å². The van der Waals surface area contributed by atoms with Gasteiger partial charge in [0.05, 0.1) is 0 Å². The summed E-state index contributed by atoms with van der Waals surface area (Å²) >= 11 is 1.45. The van der Waals surface area contributed by atoms with Crippen molar-refractivity contribution in [3.63, 3.8) is 0 Å². The highest BCUT2D eigenvalue weighted by Gasteiger charge is 2.09. The van der Waals surface area contributed by atoms with Crippen LogP contribution in [0.15, 0.2) is 54.9 Å². The molecule has 4 aromatic rings. The van der Waals surface area contributed by atoms with Gasteiger partial charge in [-0.3, -0.25) is 4.79 Å². The van der Waals surface area contributed by atoms with Crippen LogP contribution in [0.25, 0.3) is 15.5 Å². The first-order valence-electron chi connectivity index (χ1n) is 7.94. The largest absolute Gasteiger partial charge is 0.484 e. The molecule has 0 fully saturated rings. The van der Waals surface area contributed by atoms with Crippen molar-refractivity contribution in [3.05, 3.63) is 60.4 Å². The maximum absolute atomic E-state index is 12.0. The zero-order valence-electron chi connectivity index (χ0n) is 13.9. The van der Waals surface area contributed by atoms with Crippen LogP contribution in [0.2, 0.25) is 0 Å². The first-order chi connectivity index (χ1) is 12.7. The van der Waals surface area contributed by atoms with Gasteiger partial charge in [-0.2, -0.15) is 9.61 Å². The molecule has 4 rings (SSSR count). The van der Waals surface area contributed by atoms with Gasteiger partial charge < -0.3 is 10.1 Å². The van der Waals surface area contributed by atoms with Crippen molar-refractivity contribution < 1.29 is 9.53 Å². The first-order valence-corrected chi connectivity index (χ1v) is 8.76. The molecule has 0 aliphatic heterocycles. The van der Waals surface area contributed by atoms with Gasteiger partial charge in [-0.05, 0) is 48.9 Å². The number of aromatic nitrogens is 4. The number of nitrogens with zero attached hydrogens (tertiary/aromatic N) is 4. The lowest BCUT2D eigenvalue weighted by Gasteiger charge is -2.08. The molecule has 0 radical (unpaired) electrons.